The van der Waals surface area contributed by atoms with Gasteiger partial charge in [0.1, 0.15) is 23.2 Å². The fourth-order valence-corrected chi connectivity index (χ4v) is 3.48. The van der Waals surface area contributed by atoms with Crippen LogP contribution in [0.25, 0.3) is 16.4 Å². The molecule has 126 valence electrons. The smallest absolute Gasteiger partial charge is 0.207 e. The zero-order chi connectivity index (χ0) is 17.7. The average Bonchev–Trinajstić information content (AvgIpc) is 2.98. The lowest BCUT2D eigenvalue weighted by molar-refractivity contribution is 0.0965. The number of hydrogen-bond donors (Lipinski definition) is 1. The van der Waals surface area contributed by atoms with Crippen LogP contribution in [-0.2, 0) is 0 Å². The summed E-state index contributed by atoms with van der Waals surface area (Å²) >= 11 is 0. The van der Waals surface area contributed by atoms with E-state index in [1.165, 1.54) is 0 Å². The number of nitrogens with zero attached hydrogens (tertiary/aromatic N) is 3. The Bertz CT molecular complexity index is 1200. The van der Waals surface area contributed by atoms with Crippen molar-refractivity contribution in [2.45, 2.75) is 13.0 Å². The molecule has 5 nitrogen and oxygen atoms in total. The zero-order valence-electron chi connectivity index (χ0n) is 14.2. The molecule has 0 radical (unpaired) electrons. The van der Waals surface area contributed by atoms with Gasteiger partial charge in [-0.3, -0.25) is 14.2 Å². The van der Waals surface area contributed by atoms with Crippen molar-refractivity contribution < 1.29 is 4.79 Å². The number of carbonyl (C=O) groups is 1. The highest BCUT2D eigenvalue weighted by molar-refractivity contribution is 6.20. The molecule has 5 rings (SSSR count). The molecule has 0 bridgehead atoms. The van der Waals surface area contributed by atoms with Gasteiger partial charge in [-0.05, 0) is 29.8 Å². The van der Waals surface area contributed by atoms with Gasteiger partial charge in [-0.15, -0.1) is 0 Å². The molecule has 5 heteroatoms. The monoisotopic (exact) mass is 340 g/mol. The molecule has 2 aromatic heterocycles. The van der Waals surface area contributed by atoms with Crippen LogP contribution in [0.15, 0.2) is 71.9 Å². The van der Waals surface area contributed by atoms with Gasteiger partial charge in [0, 0.05) is 11.8 Å². The quantitative estimate of drug-likeness (QED) is 0.571. The summed E-state index contributed by atoms with van der Waals surface area (Å²) in [4.78, 5) is 22.2. The van der Waals surface area contributed by atoms with Crippen molar-refractivity contribution in [3.05, 3.63) is 78.1 Å². The van der Waals surface area contributed by atoms with Crippen molar-refractivity contribution in [2.24, 2.45) is 4.99 Å². The average molecular weight is 340 g/mol. The Hall–Kier alpha value is -3.47. The van der Waals surface area contributed by atoms with Gasteiger partial charge in [0.25, 0.3) is 0 Å². The van der Waals surface area contributed by atoms with E-state index in [0.29, 0.717) is 17.3 Å². The van der Waals surface area contributed by atoms with Crippen LogP contribution in [-0.4, -0.2) is 27.0 Å². The highest BCUT2D eigenvalue weighted by Crippen LogP contribution is 2.26. The van der Waals surface area contributed by atoms with Crippen LogP contribution >= 0.6 is 0 Å². The molecule has 4 aromatic rings. The molecule has 0 fully saturated rings. The number of hydrogen-bond acceptors (Lipinski definition) is 4. The van der Waals surface area contributed by atoms with Crippen LogP contribution in [0.3, 0.4) is 0 Å². The third-order valence-corrected chi connectivity index (χ3v) is 4.75. The van der Waals surface area contributed by atoms with Crippen molar-refractivity contribution >= 4 is 33.9 Å². The summed E-state index contributed by atoms with van der Waals surface area (Å²) in [6.45, 7) is 1.83. The molecule has 2 aromatic carbocycles. The summed E-state index contributed by atoms with van der Waals surface area (Å²) in [5, 5.41) is 5.54. The van der Waals surface area contributed by atoms with E-state index in [1.807, 2.05) is 60.0 Å². The SMILES string of the molecule is C[C@@H]1N=C(c2cccc3ccccc23)Nc2nc3ccccn3c2C1=O. The van der Waals surface area contributed by atoms with E-state index in [-0.39, 0.29) is 5.78 Å². The second kappa shape index (κ2) is 5.52. The number of imidazole rings is 1. The molecular formula is C21H16N4O. The summed E-state index contributed by atoms with van der Waals surface area (Å²) in [6.07, 6.45) is 1.86. The van der Waals surface area contributed by atoms with Crippen molar-refractivity contribution in [3.8, 4) is 0 Å². The number of amidine groups is 1. The van der Waals surface area contributed by atoms with Crippen LogP contribution in [0.4, 0.5) is 5.82 Å². The molecule has 1 aliphatic rings. The number of pyridine rings is 1. The minimum atomic E-state index is -0.488. The summed E-state index contributed by atoms with van der Waals surface area (Å²) in [6, 6.07) is 19.5. The lowest BCUT2D eigenvalue weighted by Gasteiger charge is -2.10. The van der Waals surface area contributed by atoms with Crippen LogP contribution in [0, 0.1) is 0 Å². The van der Waals surface area contributed by atoms with Crippen molar-refractivity contribution in [1.82, 2.24) is 9.38 Å². The molecule has 0 spiro atoms. The molecule has 0 saturated heterocycles. The highest BCUT2D eigenvalue weighted by atomic mass is 16.1. The lowest BCUT2D eigenvalue weighted by atomic mass is 10.0. The Morgan fingerprint density at radius 1 is 1.00 bits per heavy atom. The number of carbonyl (C=O) groups excluding carboxylic acids is 1. The van der Waals surface area contributed by atoms with Gasteiger partial charge in [0.2, 0.25) is 5.78 Å². The number of rotatable bonds is 1. The maximum absolute atomic E-state index is 12.9. The van der Waals surface area contributed by atoms with Gasteiger partial charge in [0.05, 0.1) is 0 Å². The van der Waals surface area contributed by atoms with Gasteiger partial charge < -0.3 is 5.32 Å². The molecule has 3 heterocycles. The first-order valence-corrected chi connectivity index (χ1v) is 8.56. The van der Waals surface area contributed by atoms with E-state index >= 15 is 0 Å². The second-order valence-electron chi connectivity index (χ2n) is 6.41. The number of ketones is 1. The third kappa shape index (κ3) is 2.14. The summed E-state index contributed by atoms with van der Waals surface area (Å²) in [7, 11) is 0. The van der Waals surface area contributed by atoms with E-state index in [0.717, 1.165) is 22.0 Å². The van der Waals surface area contributed by atoms with Gasteiger partial charge in [-0.2, -0.15) is 0 Å². The Kier molecular flexibility index (Phi) is 3.15. The number of fused-ring (bicyclic) bond motifs is 4. The number of aromatic nitrogens is 2. The largest absolute Gasteiger partial charge is 0.323 e. The number of Topliss-reactive ketones (excluding diaryl/α,β-unsaturated/α-hetero) is 1. The molecule has 1 N–H and O–H groups in total. The lowest BCUT2D eigenvalue weighted by Crippen LogP contribution is -2.17. The molecule has 26 heavy (non-hydrogen) atoms. The van der Waals surface area contributed by atoms with Crippen LogP contribution in [0.2, 0.25) is 0 Å². The van der Waals surface area contributed by atoms with E-state index in [2.05, 4.69) is 33.5 Å². The molecule has 0 unspecified atom stereocenters. The number of anilines is 1. The van der Waals surface area contributed by atoms with E-state index in [1.54, 1.807) is 0 Å². The summed E-state index contributed by atoms with van der Waals surface area (Å²) in [5.41, 5.74) is 2.25. The van der Waals surface area contributed by atoms with Crippen molar-refractivity contribution in [2.75, 3.05) is 5.32 Å². The van der Waals surface area contributed by atoms with Crippen LogP contribution < -0.4 is 5.32 Å². The fraction of sp³-hybridized carbons (Fsp3) is 0.0952. The Balaban J connectivity index is 1.74. The molecule has 1 aliphatic heterocycles. The first-order valence-electron chi connectivity index (χ1n) is 8.56. The van der Waals surface area contributed by atoms with Crippen LogP contribution in [0.5, 0.6) is 0 Å². The Morgan fingerprint density at radius 3 is 2.73 bits per heavy atom. The van der Waals surface area contributed by atoms with Gasteiger partial charge in [-0.1, -0.05) is 48.5 Å². The van der Waals surface area contributed by atoms with E-state index < -0.39 is 6.04 Å². The van der Waals surface area contributed by atoms with Gasteiger partial charge >= 0.3 is 0 Å². The Morgan fingerprint density at radius 2 is 1.81 bits per heavy atom. The van der Waals surface area contributed by atoms with Crippen LogP contribution in [0.1, 0.15) is 23.0 Å². The normalized spacial score (nSPS) is 16.9. The molecular weight excluding hydrogens is 324 g/mol. The number of aliphatic imine (C=N–C) groups is 1. The number of benzene rings is 2. The minimum absolute atomic E-state index is 0.0403. The first-order chi connectivity index (χ1) is 12.7. The fourth-order valence-electron chi connectivity index (χ4n) is 3.48. The maximum atomic E-state index is 12.9. The van der Waals surface area contributed by atoms with Crippen molar-refractivity contribution in [3.63, 3.8) is 0 Å². The van der Waals surface area contributed by atoms with E-state index in [4.69, 9.17) is 0 Å². The molecule has 1 atom stereocenters. The van der Waals surface area contributed by atoms with Gasteiger partial charge in [-0.25, -0.2) is 4.98 Å². The topological polar surface area (TPSA) is 58.8 Å². The predicted molar refractivity (Wildman–Crippen MR) is 103 cm³/mol. The standard InChI is InChI=1S/C21H16N4O/c1-13-19(26)18-21(23-17-11-4-5-12-25(17)18)24-20(22-13)16-10-6-8-14-7-2-3-9-15(14)16/h2-13H,1H3,(H,22,24)/t13-/m0/s1. The third-order valence-electron chi connectivity index (χ3n) is 4.75. The molecule has 0 amide bonds. The zero-order valence-corrected chi connectivity index (χ0v) is 14.2. The molecule has 0 aliphatic carbocycles. The predicted octanol–water partition coefficient (Wildman–Crippen LogP) is 3.93. The Labute approximate surface area is 150 Å². The summed E-state index contributed by atoms with van der Waals surface area (Å²) < 4.78 is 1.82. The van der Waals surface area contributed by atoms with Gasteiger partial charge in [0.15, 0.2) is 5.82 Å². The summed E-state index contributed by atoms with van der Waals surface area (Å²) in [5.74, 6) is 1.18. The molecule has 0 saturated carbocycles. The van der Waals surface area contributed by atoms with E-state index in [9.17, 15) is 4.79 Å². The van der Waals surface area contributed by atoms with Crippen molar-refractivity contribution in [1.29, 1.82) is 0 Å². The number of nitrogens with one attached hydrogen (secondary N) is 1. The first kappa shape index (κ1) is 14.8. The highest BCUT2D eigenvalue weighted by Gasteiger charge is 2.28. The minimum Gasteiger partial charge on any atom is -0.323 e. The second-order valence-corrected chi connectivity index (χ2v) is 6.41. The maximum Gasteiger partial charge on any atom is 0.207 e.